The molecule has 1 amide bonds. The van der Waals surface area contributed by atoms with Crippen LogP contribution in [-0.4, -0.2) is 17.6 Å². The summed E-state index contributed by atoms with van der Waals surface area (Å²) in [5.74, 6) is -0.0337. The zero-order valence-corrected chi connectivity index (χ0v) is 13.5. The van der Waals surface area contributed by atoms with E-state index in [1.807, 2.05) is 60.7 Å². The molecule has 0 bridgehead atoms. The van der Waals surface area contributed by atoms with Gasteiger partial charge in [0.2, 0.25) is 5.91 Å². The first-order valence-corrected chi connectivity index (χ1v) is 8.20. The van der Waals surface area contributed by atoms with Crippen molar-refractivity contribution in [3.05, 3.63) is 83.9 Å². The third-order valence-electron chi connectivity index (χ3n) is 4.19. The Bertz CT molecular complexity index is 809. The van der Waals surface area contributed by atoms with Crippen LogP contribution in [0.25, 0.3) is 10.8 Å². The van der Waals surface area contributed by atoms with Crippen molar-refractivity contribution in [2.24, 2.45) is 0 Å². The largest absolute Gasteiger partial charge is 0.396 e. The van der Waals surface area contributed by atoms with Crippen molar-refractivity contribution in [1.29, 1.82) is 0 Å². The van der Waals surface area contributed by atoms with Gasteiger partial charge in [0, 0.05) is 6.61 Å². The summed E-state index contributed by atoms with van der Waals surface area (Å²) in [6.45, 7) is 0.0358. The summed E-state index contributed by atoms with van der Waals surface area (Å²) in [5.41, 5.74) is 2.03. The fourth-order valence-electron chi connectivity index (χ4n) is 3.00. The molecule has 1 atom stereocenters. The minimum atomic E-state index is -0.168. The number of hydrogen-bond donors (Lipinski definition) is 2. The van der Waals surface area contributed by atoms with Crippen LogP contribution in [0.3, 0.4) is 0 Å². The van der Waals surface area contributed by atoms with Gasteiger partial charge in [-0.1, -0.05) is 72.8 Å². The molecule has 0 spiro atoms. The molecule has 0 heterocycles. The average Bonchev–Trinajstić information content (AvgIpc) is 2.62. The highest BCUT2D eigenvalue weighted by atomic mass is 16.3. The monoisotopic (exact) mass is 319 g/mol. The maximum absolute atomic E-state index is 12.5. The van der Waals surface area contributed by atoms with Gasteiger partial charge in [0.1, 0.15) is 0 Å². The second kappa shape index (κ2) is 7.75. The van der Waals surface area contributed by atoms with E-state index < -0.39 is 0 Å². The van der Waals surface area contributed by atoms with Crippen molar-refractivity contribution >= 4 is 16.7 Å². The second-order valence-electron chi connectivity index (χ2n) is 5.86. The molecule has 0 radical (unpaired) electrons. The van der Waals surface area contributed by atoms with Crippen LogP contribution < -0.4 is 5.32 Å². The number of carbonyl (C=O) groups excluding carboxylic acids is 1. The van der Waals surface area contributed by atoms with E-state index in [1.54, 1.807) is 0 Å². The zero-order valence-electron chi connectivity index (χ0n) is 13.5. The van der Waals surface area contributed by atoms with Gasteiger partial charge in [-0.05, 0) is 28.3 Å². The first kappa shape index (κ1) is 16.2. The molecule has 3 aromatic rings. The summed E-state index contributed by atoms with van der Waals surface area (Å²) in [5, 5.41) is 14.6. The number of aliphatic hydroxyl groups excluding tert-OH is 1. The minimum Gasteiger partial charge on any atom is -0.396 e. The first-order valence-electron chi connectivity index (χ1n) is 8.20. The molecular formula is C21H21NO2. The van der Waals surface area contributed by atoms with Crippen LogP contribution in [0.1, 0.15) is 23.6 Å². The fourth-order valence-corrected chi connectivity index (χ4v) is 3.00. The SMILES string of the molecule is O=C(Cc1cccc2ccccc12)NC(CCO)c1ccccc1. The van der Waals surface area contributed by atoms with Gasteiger partial charge in [0.05, 0.1) is 12.5 Å². The van der Waals surface area contributed by atoms with Gasteiger partial charge in [0.25, 0.3) is 0 Å². The van der Waals surface area contributed by atoms with Gasteiger partial charge >= 0.3 is 0 Å². The standard InChI is InChI=1S/C21H21NO2/c23-14-13-20(17-8-2-1-3-9-17)22-21(24)15-18-11-6-10-16-7-4-5-12-19(16)18/h1-12,20,23H,13-15H2,(H,22,24). The molecule has 3 aromatic carbocycles. The number of fused-ring (bicyclic) bond motifs is 1. The molecule has 122 valence electrons. The minimum absolute atomic E-state index is 0.0337. The number of aliphatic hydroxyl groups is 1. The number of benzene rings is 3. The Morgan fingerprint density at radius 1 is 0.917 bits per heavy atom. The molecule has 0 saturated heterocycles. The highest BCUT2D eigenvalue weighted by Gasteiger charge is 2.15. The number of amides is 1. The zero-order chi connectivity index (χ0) is 16.8. The predicted octanol–water partition coefficient (Wildman–Crippen LogP) is 3.62. The quantitative estimate of drug-likeness (QED) is 0.729. The van der Waals surface area contributed by atoms with Crippen LogP contribution in [0.15, 0.2) is 72.8 Å². The Morgan fingerprint density at radius 3 is 2.42 bits per heavy atom. The maximum atomic E-state index is 12.5. The fraction of sp³-hybridized carbons (Fsp3) is 0.190. The van der Waals surface area contributed by atoms with E-state index >= 15 is 0 Å². The Labute approximate surface area is 142 Å². The average molecular weight is 319 g/mol. The van der Waals surface area contributed by atoms with E-state index in [0.717, 1.165) is 21.9 Å². The molecule has 3 nitrogen and oxygen atoms in total. The summed E-state index contributed by atoms with van der Waals surface area (Å²) >= 11 is 0. The van der Waals surface area contributed by atoms with Gasteiger partial charge in [-0.2, -0.15) is 0 Å². The van der Waals surface area contributed by atoms with Crippen molar-refractivity contribution in [2.45, 2.75) is 18.9 Å². The molecule has 1 unspecified atom stereocenters. The van der Waals surface area contributed by atoms with Crippen LogP contribution >= 0.6 is 0 Å². The molecular weight excluding hydrogens is 298 g/mol. The van der Waals surface area contributed by atoms with Crippen molar-refractivity contribution in [1.82, 2.24) is 5.32 Å². The maximum Gasteiger partial charge on any atom is 0.224 e. The summed E-state index contributed by atoms with van der Waals surface area (Å²) < 4.78 is 0. The molecule has 0 fully saturated rings. The summed E-state index contributed by atoms with van der Waals surface area (Å²) in [4.78, 5) is 12.5. The summed E-state index contributed by atoms with van der Waals surface area (Å²) in [6, 6.07) is 23.7. The van der Waals surface area contributed by atoms with E-state index in [4.69, 9.17) is 0 Å². The van der Waals surface area contributed by atoms with E-state index in [9.17, 15) is 9.90 Å². The van der Waals surface area contributed by atoms with Crippen LogP contribution in [0, 0.1) is 0 Å². The number of rotatable bonds is 6. The summed E-state index contributed by atoms with van der Waals surface area (Å²) in [6.07, 6.45) is 0.835. The Kier molecular flexibility index (Phi) is 5.24. The summed E-state index contributed by atoms with van der Waals surface area (Å²) in [7, 11) is 0. The van der Waals surface area contributed by atoms with Crippen molar-refractivity contribution in [3.63, 3.8) is 0 Å². The Balaban J connectivity index is 1.76. The molecule has 24 heavy (non-hydrogen) atoms. The lowest BCUT2D eigenvalue weighted by Gasteiger charge is -2.18. The number of carbonyl (C=O) groups is 1. The van der Waals surface area contributed by atoms with Crippen LogP contribution in [-0.2, 0) is 11.2 Å². The van der Waals surface area contributed by atoms with E-state index in [1.165, 1.54) is 0 Å². The van der Waals surface area contributed by atoms with Gasteiger partial charge in [-0.3, -0.25) is 4.79 Å². The topological polar surface area (TPSA) is 49.3 Å². The highest BCUT2D eigenvalue weighted by molar-refractivity contribution is 5.90. The third kappa shape index (κ3) is 3.81. The van der Waals surface area contributed by atoms with E-state index in [0.29, 0.717) is 12.8 Å². The van der Waals surface area contributed by atoms with Gasteiger partial charge < -0.3 is 10.4 Å². The molecule has 2 N–H and O–H groups in total. The van der Waals surface area contributed by atoms with Crippen molar-refractivity contribution < 1.29 is 9.90 Å². The van der Waals surface area contributed by atoms with Crippen LogP contribution in [0.4, 0.5) is 0 Å². The molecule has 0 aliphatic heterocycles. The predicted molar refractivity (Wildman–Crippen MR) is 96.7 cm³/mol. The molecule has 0 aliphatic carbocycles. The molecule has 0 saturated carbocycles. The van der Waals surface area contributed by atoms with Crippen LogP contribution in [0.5, 0.6) is 0 Å². The molecule has 0 aromatic heterocycles. The second-order valence-corrected chi connectivity index (χ2v) is 5.86. The normalized spacial score (nSPS) is 12.0. The highest BCUT2D eigenvalue weighted by Crippen LogP contribution is 2.20. The van der Waals surface area contributed by atoms with Gasteiger partial charge in [0.15, 0.2) is 0 Å². The van der Waals surface area contributed by atoms with Crippen molar-refractivity contribution in [3.8, 4) is 0 Å². The first-order chi connectivity index (χ1) is 11.8. The van der Waals surface area contributed by atoms with Gasteiger partial charge in [-0.25, -0.2) is 0 Å². The lowest BCUT2D eigenvalue weighted by Crippen LogP contribution is -2.30. The Morgan fingerprint density at radius 2 is 1.62 bits per heavy atom. The van der Waals surface area contributed by atoms with Gasteiger partial charge in [-0.15, -0.1) is 0 Å². The number of hydrogen-bond acceptors (Lipinski definition) is 2. The van der Waals surface area contributed by atoms with Crippen LogP contribution in [0.2, 0.25) is 0 Å². The smallest absolute Gasteiger partial charge is 0.224 e. The lowest BCUT2D eigenvalue weighted by molar-refractivity contribution is -0.121. The van der Waals surface area contributed by atoms with E-state index in [2.05, 4.69) is 17.4 Å². The lowest BCUT2D eigenvalue weighted by atomic mass is 10.0. The molecule has 0 aliphatic rings. The Hall–Kier alpha value is -2.65. The molecule has 3 rings (SSSR count). The molecule has 3 heteroatoms. The third-order valence-corrected chi connectivity index (χ3v) is 4.19. The van der Waals surface area contributed by atoms with Crippen molar-refractivity contribution in [2.75, 3.05) is 6.61 Å². The number of nitrogens with one attached hydrogen (secondary N) is 1. The van der Waals surface area contributed by atoms with E-state index in [-0.39, 0.29) is 18.6 Å².